The van der Waals surface area contributed by atoms with E-state index < -0.39 is 17.8 Å². The summed E-state index contributed by atoms with van der Waals surface area (Å²) < 4.78 is 5.03. The fourth-order valence-electron chi connectivity index (χ4n) is 1.73. The van der Waals surface area contributed by atoms with Crippen molar-refractivity contribution in [1.29, 1.82) is 0 Å². The second kappa shape index (κ2) is 4.86. The van der Waals surface area contributed by atoms with Crippen LogP contribution in [0.2, 0.25) is 5.02 Å². The molecule has 18 heavy (non-hydrogen) atoms. The van der Waals surface area contributed by atoms with Gasteiger partial charge in [0.2, 0.25) is 5.91 Å². The van der Waals surface area contributed by atoms with Crippen LogP contribution in [0, 0.1) is 11.8 Å². The average molecular weight is 270 g/mol. The Bertz CT molecular complexity index is 503. The smallest absolute Gasteiger partial charge is 0.307 e. The van der Waals surface area contributed by atoms with Crippen LogP contribution in [0.3, 0.4) is 0 Å². The number of anilines is 1. The van der Waals surface area contributed by atoms with Crippen molar-refractivity contribution >= 4 is 29.2 Å². The number of hydrogen-bond donors (Lipinski definition) is 2. The van der Waals surface area contributed by atoms with Crippen LogP contribution in [0.15, 0.2) is 18.2 Å². The topological polar surface area (TPSA) is 75.6 Å². The van der Waals surface area contributed by atoms with Gasteiger partial charge in [-0.15, -0.1) is 0 Å². The molecule has 1 saturated carbocycles. The van der Waals surface area contributed by atoms with Crippen molar-refractivity contribution < 1.29 is 19.4 Å². The first-order valence-corrected chi connectivity index (χ1v) is 5.78. The Hall–Kier alpha value is -1.75. The summed E-state index contributed by atoms with van der Waals surface area (Å²) in [5.74, 6) is -1.75. The predicted molar refractivity (Wildman–Crippen MR) is 65.9 cm³/mol. The summed E-state index contributed by atoms with van der Waals surface area (Å²) in [5, 5.41) is 11.8. The summed E-state index contributed by atoms with van der Waals surface area (Å²) in [6.45, 7) is 0. The summed E-state index contributed by atoms with van der Waals surface area (Å²) in [6.07, 6.45) is 0.395. The lowest BCUT2D eigenvalue weighted by atomic mass is 10.2. The van der Waals surface area contributed by atoms with E-state index in [1.54, 1.807) is 18.2 Å². The van der Waals surface area contributed by atoms with Crippen LogP contribution in [0.25, 0.3) is 0 Å². The van der Waals surface area contributed by atoms with Gasteiger partial charge in [0.1, 0.15) is 5.75 Å². The van der Waals surface area contributed by atoms with Gasteiger partial charge in [0.05, 0.1) is 24.0 Å². The Kier molecular flexibility index (Phi) is 3.43. The van der Waals surface area contributed by atoms with E-state index in [-0.39, 0.29) is 5.91 Å². The number of methoxy groups -OCH3 is 1. The van der Waals surface area contributed by atoms with Crippen molar-refractivity contribution in [2.45, 2.75) is 6.42 Å². The Morgan fingerprint density at radius 2 is 2.17 bits per heavy atom. The third-order valence-electron chi connectivity index (χ3n) is 2.86. The highest BCUT2D eigenvalue weighted by Crippen LogP contribution is 2.39. The summed E-state index contributed by atoms with van der Waals surface area (Å²) in [4.78, 5) is 22.4. The van der Waals surface area contributed by atoms with Crippen molar-refractivity contribution in [1.82, 2.24) is 0 Å². The predicted octanol–water partition coefficient (Wildman–Crippen LogP) is 2.01. The molecule has 0 unspecified atom stereocenters. The molecule has 0 saturated heterocycles. The minimum absolute atomic E-state index is 0.285. The molecule has 1 aromatic carbocycles. The van der Waals surface area contributed by atoms with Crippen LogP contribution in [0.4, 0.5) is 5.69 Å². The van der Waals surface area contributed by atoms with Crippen molar-refractivity contribution in [2.75, 3.05) is 12.4 Å². The first-order chi connectivity index (χ1) is 8.52. The van der Waals surface area contributed by atoms with Gasteiger partial charge in [-0.25, -0.2) is 0 Å². The van der Waals surface area contributed by atoms with Crippen molar-refractivity contribution in [3.8, 4) is 5.75 Å². The zero-order chi connectivity index (χ0) is 13.3. The molecule has 0 bridgehead atoms. The van der Waals surface area contributed by atoms with E-state index in [2.05, 4.69) is 5.32 Å². The fourth-order valence-corrected chi connectivity index (χ4v) is 1.92. The number of carbonyl (C=O) groups excluding carboxylic acids is 1. The average Bonchev–Trinajstić information content (AvgIpc) is 3.11. The van der Waals surface area contributed by atoms with Crippen LogP contribution < -0.4 is 10.1 Å². The molecule has 1 aromatic rings. The Balaban J connectivity index is 2.02. The number of halogens is 1. The number of hydrogen-bond acceptors (Lipinski definition) is 3. The summed E-state index contributed by atoms with van der Waals surface area (Å²) in [5.41, 5.74) is 0.539. The molecule has 5 nitrogen and oxygen atoms in total. The Morgan fingerprint density at radius 1 is 1.44 bits per heavy atom. The highest BCUT2D eigenvalue weighted by atomic mass is 35.5. The monoisotopic (exact) mass is 269 g/mol. The minimum atomic E-state index is -0.927. The maximum Gasteiger partial charge on any atom is 0.307 e. The Labute approximate surface area is 109 Å². The van der Waals surface area contributed by atoms with Crippen LogP contribution in [-0.2, 0) is 9.59 Å². The number of amides is 1. The van der Waals surface area contributed by atoms with Gasteiger partial charge >= 0.3 is 5.97 Å². The number of nitrogens with one attached hydrogen (secondary N) is 1. The SMILES string of the molecule is COc1cc(NC(=O)[C@@H]2C[C@@H]2C(=O)O)ccc1Cl. The highest BCUT2D eigenvalue weighted by Gasteiger charge is 2.48. The van der Waals surface area contributed by atoms with Gasteiger partial charge in [-0.05, 0) is 18.6 Å². The maximum absolute atomic E-state index is 11.7. The molecule has 1 amide bonds. The highest BCUT2D eigenvalue weighted by molar-refractivity contribution is 6.32. The molecule has 0 heterocycles. The van der Waals surface area contributed by atoms with E-state index in [9.17, 15) is 9.59 Å². The van der Waals surface area contributed by atoms with E-state index >= 15 is 0 Å². The molecular weight excluding hydrogens is 258 g/mol. The molecule has 2 rings (SSSR count). The first kappa shape index (κ1) is 12.7. The number of ether oxygens (including phenoxy) is 1. The minimum Gasteiger partial charge on any atom is -0.495 e. The third-order valence-corrected chi connectivity index (χ3v) is 3.18. The molecule has 6 heteroatoms. The van der Waals surface area contributed by atoms with Gasteiger partial charge in [0.25, 0.3) is 0 Å². The zero-order valence-electron chi connectivity index (χ0n) is 9.64. The number of carbonyl (C=O) groups is 2. The summed E-state index contributed by atoms with van der Waals surface area (Å²) >= 11 is 5.86. The molecule has 2 N–H and O–H groups in total. The number of carboxylic acids is 1. The third kappa shape index (κ3) is 2.56. The van der Waals surface area contributed by atoms with E-state index in [1.165, 1.54) is 7.11 Å². The van der Waals surface area contributed by atoms with E-state index in [0.717, 1.165) is 0 Å². The molecule has 0 aromatic heterocycles. The van der Waals surface area contributed by atoms with Gasteiger partial charge in [0.15, 0.2) is 0 Å². The molecule has 0 spiro atoms. The van der Waals surface area contributed by atoms with Gasteiger partial charge < -0.3 is 15.2 Å². The number of rotatable bonds is 4. The Morgan fingerprint density at radius 3 is 2.72 bits per heavy atom. The number of benzene rings is 1. The largest absolute Gasteiger partial charge is 0.495 e. The van der Waals surface area contributed by atoms with Crippen molar-refractivity contribution in [3.05, 3.63) is 23.2 Å². The molecule has 96 valence electrons. The number of aliphatic carboxylic acids is 1. The number of carboxylic acid groups (broad SMARTS) is 1. The lowest BCUT2D eigenvalue weighted by Crippen LogP contribution is -2.16. The molecule has 1 aliphatic rings. The molecular formula is C12H12ClNO4. The summed E-state index contributed by atoms with van der Waals surface area (Å²) in [6, 6.07) is 4.84. The van der Waals surface area contributed by atoms with Gasteiger partial charge in [-0.3, -0.25) is 9.59 Å². The van der Waals surface area contributed by atoms with Crippen LogP contribution in [0.5, 0.6) is 5.75 Å². The van der Waals surface area contributed by atoms with Gasteiger partial charge in [0, 0.05) is 11.8 Å². The maximum atomic E-state index is 11.7. The van der Waals surface area contributed by atoms with E-state index in [4.69, 9.17) is 21.4 Å². The zero-order valence-corrected chi connectivity index (χ0v) is 10.4. The second-order valence-corrected chi connectivity index (χ2v) is 4.53. The van der Waals surface area contributed by atoms with Crippen LogP contribution >= 0.6 is 11.6 Å². The fraction of sp³-hybridized carbons (Fsp3) is 0.333. The molecule has 2 atom stereocenters. The lowest BCUT2D eigenvalue weighted by molar-refractivity contribution is -0.139. The first-order valence-electron chi connectivity index (χ1n) is 5.40. The molecule has 0 aliphatic heterocycles. The van der Waals surface area contributed by atoms with Gasteiger partial charge in [-0.2, -0.15) is 0 Å². The van der Waals surface area contributed by atoms with Crippen molar-refractivity contribution in [3.63, 3.8) is 0 Å². The second-order valence-electron chi connectivity index (χ2n) is 4.13. The van der Waals surface area contributed by atoms with Gasteiger partial charge in [-0.1, -0.05) is 11.6 Å². The molecule has 0 radical (unpaired) electrons. The van der Waals surface area contributed by atoms with Crippen LogP contribution in [-0.4, -0.2) is 24.1 Å². The standard InChI is InChI=1S/C12H12ClNO4/c1-18-10-4-6(2-3-9(10)13)14-11(15)7-5-8(7)12(16)17/h2-4,7-8H,5H2,1H3,(H,14,15)(H,16,17)/t7-,8+/m1/s1. The van der Waals surface area contributed by atoms with Crippen LogP contribution in [0.1, 0.15) is 6.42 Å². The van der Waals surface area contributed by atoms with E-state index in [1.807, 2.05) is 0 Å². The normalized spacial score (nSPS) is 21.2. The quantitative estimate of drug-likeness (QED) is 0.877. The summed E-state index contributed by atoms with van der Waals surface area (Å²) in [7, 11) is 1.48. The lowest BCUT2D eigenvalue weighted by Gasteiger charge is -2.08. The molecule has 1 fully saturated rings. The molecule has 1 aliphatic carbocycles. The van der Waals surface area contributed by atoms with Crippen molar-refractivity contribution in [2.24, 2.45) is 11.8 Å². The van der Waals surface area contributed by atoms with E-state index in [0.29, 0.717) is 22.9 Å².